The van der Waals surface area contributed by atoms with Gasteiger partial charge in [-0.05, 0) is 30.3 Å². The van der Waals surface area contributed by atoms with Gasteiger partial charge in [0.2, 0.25) is 0 Å². The third-order valence-electron chi connectivity index (χ3n) is 2.48. The first-order valence-electron chi connectivity index (χ1n) is 5.23. The standard InChI is InChI=1S/C13H10Cl2FNO/c14-8-4-5-11(16)12(6-8)17-7-9-10(15)2-1-3-13(9)18/h1-6,17-18H,7H2. The molecular formula is C13H10Cl2FNO. The van der Waals surface area contributed by atoms with Gasteiger partial charge in [0, 0.05) is 22.2 Å². The molecule has 2 aromatic carbocycles. The maximum absolute atomic E-state index is 13.5. The molecule has 0 bridgehead atoms. The molecule has 2 nitrogen and oxygen atoms in total. The summed E-state index contributed by atoms with van der Waals surface area (Å²) >= 11 is 11.7. The van der Waals surface area contributed by atoms with Crippen LogP contribution in [0.3, 0.4) is 0 Å². The highest BCUT2D eigenvalue weighted by Gasteiger charge is 2.08. The summed E-state index contributed by atoms with van der Waals surface area (Å²) in [6.07, 6.45) is 0. The van der Waals surface area contributed by atoms with Crippen molar-refractivity contribution in [2.45, 2.75) is 6.54 Å². The van der Waals surface area contributed by atoms with E-state index in [1.54, 1.807) is 12.1 Å². The predicted molar refractivity (Wildman–Crippen MR) is 71.9 cm³/mol. The number of halogens is 3. The van der Waals surface area contributed by atoms with Gasteiger partial charge in [-0.2, -0.15) is 0 Å². The van der Waals surface area contributed by atoms with Crippen LogP contribution in [0.4, 0.5) is 10.1 Å². The Kier molecular flexibility index (Phi) is 3.94. The number of phenolic OH excluding ortho intramolecular Hbond substituents is 1. The van der Waals surface area contributed by atoms with Crippen molar-refractivity contribution in [3.8, 4) is 5.75 Å². The molecule has 0 saturated carbocycles. The molecule has 0 aliphatic rings. The molecule has 2 N–H and O–H groups in total. The number of nitrogens with one attached hydrogen (secondary N) is 1. The molecule has 0 fully saturated rings. The molecule has 0 heterocycles. The number of anilines is 1. The summed E-state index contributed by atoms with van der Waals surface area (Å²) in [4.78, 5) is 0. The second kappa shape index (κ2) is 5.46. The van der Waals surface area contributed by atoms with Crippen LogP contribution in [0.2, 0.25) is 10.0 Å². The van der Waals surface area contributed by atoms with Gasteiger partial charge in [0.05, 0.1) is 5.69 Å². The lowest BCUT2D eigenvalue weighted by atomic mass is 10.2. The van der Waals surface area contributed by atoms with Crippen LogP contribution in [-0.2, 0) is 6.54 Å². The van der Waals surface area contributed by atoms with Gasteiger partial charge < -0.3 is 10.4 Å². The quantitative estimate of drug-likeness (QED) is 0.873. The minimum atomic E-state index is -0.411. The number of aromatic hydroxyl groups is 1. The summed E-state index contributed by atoms with van der Waals surface area (Å²) in [6, 6.07) is 9.04. The van der Waals surface area contributed by atoms with Crippen LogP contribution in [-0.4, -0.2) is 5.11 Å². The third-order valence-corrected chi connectivity index (χ3v) is 3.07. The van der Waals surface area contributed by atoms with Gasteiger partial charge >= 0.3 is 0 Å². The van der Waals surface area contributed by atoms with Gasteiger partial charge in [0.1, 0.15) is 11.6 Å². The van der Waals surface area contributed by atoms with Crippen molar-refractivity contribution in [2.24, 2.45) is 0 Å². The Bertz CT molecular complexity index is 555. The Hall–Kier alpha value is -1.45. The fourth-order valence-corrected chi connectivity index (χ4v) is 1.95. The van der Waals surface area contributed by atoms with Crippen molar-refractivity contribution in [1.82, 2.24) is 0 Å². The molecule has 0 aliphatic heterocycles. The molecule has 5 heteroatoms. The van der Waals surface area contributed by atoms with Crippen molar-refractivity contribution in [2.75, 3.05) is 5.32 Å². The van der Waals surface area contributed by atoms with E-state index in [2.05, 4.69) is 5.32 Å². The highest BCUT2D eigenvalue weighted by molar-refractivity contribution is 6.31. The SMILES string of the molecule is Oc1cccc(Cl)c1CNc1cc(Cl)ccc1F. The fraction of sp³-hybridized carbons (Fsp3) is 0.0769. The Balaban J connectivity index is 2.19. The minimum Gasteiger partial charge on any atom is -0.508 e. The Labute approximate surface area is 114 Å². The highest BCUT2D eigenvalue weighted by Crippen LogP contribution is 2.27. The van der Waals surface area contributed by atoms with Gasteiger partial charge in [-0.15, -0.1) is 0 Å². The monoisotopic (exact) mass is 285 g/mol. The van der Waals surface area contributed by atoms with Crippen molar-refractivity contribution in [3.63, 3.8) is 0 Å². The minimum absolute atomic E-state index is 0.0671. The van der Waals surface area contributed by atoms with Crippen LogP contribution in [0.15, 0.2) is 36.4 Å². The van der Waals surface area contributed by atoms with Crippen molar-refractivity contribution in [1.29, 1.82) is 0 Å². The largest absolute Gasteiger partial charge is 0.508 e. The van der Waals surface area contributed by atoms with Gasteiger partial charge in [0.25, 0.3) is 0 Å². The average molecular weight is 286 g/mol. The van der Waals surface area contributed by atoms with Crippen LogP contribution in [0.5, 0.6) is 5.75 Å². The van der Waals surface area contributed by atoms with E-state index in [0.29, 0.717) is 15.6 Å². The molecule has 0 aliphatic carbocycles. The first kappa shape index (κ1) is 13.0. The van der Waals surface area contributed by atoms with E-state index in [1.165, 1.54) is 24.3 Å². The lowest BCUT2D eigenvalue weighted by Gasteiger charge is -2.10. The van der Waals surface area contributed by atoms with E-state index < -0.39 is 5.82 Å². The first-order valence-corrected chi connectivity index (χ1v) is 5.99. The summed E-state index contributed by atoms with van der Waals surface area (Å²) in [5, 5.41) is 13.4. The molecule has 0 atom stereocenters. The molecule has 2 rings (SSSR count). The lowest BCUT2D eigenvalue weighted by Crippen LogP contribution is -2.02. The van der Waals surface area contributed by atoms with E-state index in [4.69, 9.17) is 23.2 Å². The highest BCUT2D eigenvalue weighted by atomic mass is 35.5. The average Bonchev–Trinajstić information content (AvgIpc) is 2.33. The van der Waals surface area contributed by atoms with Crippen LogP contribution in [0.1, 0.15) is 5.56 Å². The summed E-state index contributed by atoms with van der Waals surface area (Å²) in [7, 11) is 0. The topological polar surface area (TPSA) is 32.3 Å². The summed E-state index contributed by atoms with van der Waals surface area (Å²) < 4.78 is 13.5. The molecule has 0 amide bonds. The molecule has 0 spiro atoms. The number of benzene rings is 2. The maximum atomic E-state index is 13.5. The zero-order valence-electron chi connectivity index (χ0n) is 9.25. The third kappa shape index (κ3) is 2.86. The second-order valence-electron chi connectivity index (χ2n) is 3.72. The smallest absolute Gasteiger partial charge is 0.146 e. The van der Waals surface area contributed by atoms with E-state index in [-0.39, 0.29) is 18.0 Å². The number of hydrogen-bond acceptors (Lipinski definition) is 2. The fourth-order valence-electron chi connectivity index (χ4n) is 1.54. The molecule has 0 aromatic heterocycles. The van der Waals surface area contributed by atoms with Crippen LogP contribution < -0.4 is 5.32 Å². The molecule has 2 aromatic rings. The van der Waals surface area contributed by atoms with E-state index >= 15 is 0 Å². The summed E-state index contributed by atoms with van der Waals surface area (Å²) in [5.41, 5.74) is 0.778. The predicted octanol–water partition coefficient (Wildman–Crippen LogP) is 4.45. The molecule has 0 unspecified atom stereocenters. The van der Waals surface area contributed by atoms with Gasteiger partial charge in [-0.25, -0.2) is 4.39 Å². The van der Waals surface area contributed by atoms with Crippen molar-refractivity contribution >= 4 is 28.9 Å². The molecule has 94 valence electrons. The molecule has 18 heavy (non-hydrogen) atoms. The number of rotatable bonds is 3. The normalized spacial score (nSPS) is 10.4. The van der Waals surface area contributed by atoms with E-state index in [9.17, 15) is 9.50 Å². The number of hydrogen-bond donors (Lipinski definition) is 2. The van der Waals surface area contributed by atoms with Crippen LogP contribution in [0, 0.1) is 5.82 Å². The Morgan fingerprint density at radius 1 is 1.17 bits per heavy atom. The Morgan fingerprint density at radius 2 is 1.94 bits per heavy atom. The molecular weight excluding hydrogens is 276 g/mol. The van der Waals surface area contributed by atoms with E-state index in [1.807, 2.05) is 0 Å². The van der Waals surface area contributed by atoms with Crippen LogP contribution >= 0.6 is 23.2 Å². The van der Waals surface area contributed by atoms with Crippen molar-refractivity contribution in [3.05, 3.63) is 57.8 Å². The lowest BCUT2D eigenvalue weighted by molar-refractivity contribution is 0.469. The second-order valence-corrected chi connectivity index (χ2v) is 4.56. The zero-order chi connectivity index (χ0) is 13.1. The maximum Gasteiger partial charge on any atom is 0.146 e. The molecule has 0 radical (unpaired) electrons. The first-order chi connectivity index (χ1) is 8.58. The van der Waals surface area contributed by atoms with Crippen molar-refractivity contribution < 1.29 is 9.50 Å². The Morgan fingerprint density at radius 3 is 2.67 bits per heavy atom. The summed E-state index contributed by atoms with van der Waals surface area (Å²) in [5.74, 6) is -0.344. The van der Waals surface area contributed by atoms with Crippen LogP contribution in [0.25, 0.3) is 0 Å². The number of phenols is 1. The molecule has 0 saturated heterocycles. The van der Waals surface area contributed by atoms with E-state index in [0.717, 1.165) is 0 Å². The van der Waals surface area contributed by atoms with Gasteiger partial charge in [-0.3, -0.25) is 0 Å². The summed E-state index contributed by atoms with van der Waals surface area (Å²) in [6.45, 7) is 0.211. The van der Waals surface area contributed by atoms with Gasteiger partial charge in [0.15, 0.2) is 0 Å². The van der Waals surface area contributed by atoms with Gasteiger partial charge in [-0.1, -0.05) is 29.3 Å². The zero-order valence-corrected chi connectivity index (χ0v) is 10.8.